The van der Waals surface area contributed by atoms with Crippen LogP contribution >= 0.6 is 15.9 Å². The lowest BCUT2D eigenvalue weighted by molar-refractivity contribution is -0.385. The van der Waals surface area contributed by atoms with Gasteiger partial charge in [-0.05, 0) is 41.4 Å². The number of nitro groups is 1. The lowest BCUT2D eigenvalue weighted by Crippen LogP contribution is -2.41. The summed E-state index contributed by atoms with van der Waals surface area (Å²) in [5.41, 5.74) is 0.196. The highest BCUT2D eigenvalue weighted by Gasteiger charge is 2.31. The van der Waals surface area contributed by atoms with E-state index in [4.69, 9.17) is 4.74 Å². The molecule has 0 aliphatic carbocycles. The van der Waals surface area contributed by atoms with Crippen LogP contribution in [-0.4, -0.2) is 41.5 Å². The Bertz CT molecular complexity index is 549. The molecule has 2 rings (SSSR count). The third kappa shape index (κ3) is 2.83. The smallest absolute Gasteiger partial charge is 0.284 e. The predicted molar refractivity (Wildman–Crippen MR) is 76.7 cm³/mol. The summed E-state index contributed by atoms with van der Waals surface area (Å²) >= 11 is 3.11. The van der Waals surface area contributed by atoms with E-state index in [-0.39, 0.29) is 23.7 Å². The lowest BCUT2D eigenvalue weighted by Gasteiger charge is -2.26. The van der Waals surface area contributed by atoms with E-state index in [1.807, 2.05) is 6.92 Å². The van der Waals surface area contributed by atoms with E-state index in [2.05, 4.69) is 15.9 Å². The van der Waals surface area contributed by atoms with Gasteiger partial charge in [-0.3, -0.25) is 14.9 Å². The van der Waals surface area contributed by atoms with Gasteiger partial charge in [-0.15, -0.1) is 0 Å². The van der Waals surface area contributed by atoms with Crippen molar-refractivity contribution in [2.24, 2.45) is 0 Å². The summed E-state index contributed by atoms with van der Waals surface area (Å²) in [5, 5.41) is 10.9. The predicted octanol–water partition coefficient (Wildman–Crippen LogP) is 2.61. The van der Waals surface area contributed by atoms with Crippen molar-refractivity contribution in [3.05, 3.63) is 38.3 Å². The van der Waals surface area contributed by atoms with Gasteiger partial charge in [0.1, 0.15) is 0 Å². The van der Waals surface area contributed by atoms with Crippen molar-refractivity contribution < 1.29 is 14.5 Å². The van der Waals surface area contributed by atoms with Crippen molar-refractivity contribution in [2.75, 3.05) is 13.7 Å². The van der Waals surface area contributed by atoms with Gasteiger partial charge in [0.05, 0.1) is 21.5 Å². The first-order chi connectivity index (χ1) is 9.41. The Labute approximate surface area is 125 Å². The number of ether oxygens (including phenoxy) is 1. The van der Waals surface area contributed by atoms with Crippen LogP contribution in [-0.2, 0) is 4.74 Å². The fourth-order valence-corrected chi connectivity index (χ4v) is 2.76. The van der Waals surface area contributed by atoms with Crippen LogP contribution in [0.15, 0.2) is 22.7 Å². The molecular formula is C13H15BrN2O4. The van der Waals surface area contributed by atoms with Gasteiger partial charge in [0.15, 0.2) is 0 Å². The Morgan fingerprint density at radius 2 is 2.25 bits per heavy atom. The molecular weight excluding hydrogens is 328 g/mol. The van der Waals surface area contributed by atoms with Gasteiger partial charge in [0, 0.05) is 25.3 Å². The number of hydrogen-bond donors (Lipinski definition) is 0. The Hall–Kier alpha value is -1.47. The fourth-order valence-electron chi connectivity index (χ4n) is 2.37. The second-order valence-electron chi connectivity index (χ2n) is 4.77. The second-order valence-corrected chi connectivity index (χ2v) is 5.63. The average Bonchev–Trinajstić information content (AvgIpc) is 2.83. The van der Waals surface area contributed by atoms with Gasteiger partial charge in [0.25, 0.3) is 11.6 Å². The Balaban J connectivity index is 2.24. The molecule has 1 aliphatic heterocycles. The second kappa shape index (κ2) is 5.88. The third-order valence-corrected chi connectivity index (χ3v) is 4.21. The molecule has 108 valence electrons. The van der Waals surface area contributed by atoms with Crippen molar-refractivity contribution in [3.63, 3.8) is 0 Å². The molecule has 2 atom stereocenters. The maximum Gasteiger partial charge on any atom is 0.284 e. The summed E-state index contributed by atoms with van der Waals surface area (Å²) in [7, 11) is 1.70. The van der Waals surface area contributed by atoms with E-state index in [9.17, 15) is 14.9 Å². The maximum absolute atomic E-state index is 12.4. The number of halogens is 1. The fraction of sp³-hybridized carbons (Fsp3) is 0.462. The molecule has 0 radical (unpaired) electrons. The molecule has 0 N–H and O–H groups in total. The number of carbonyl (C=O) groups excluding carboxylic acids is 1. The minimum Gasteiger partial charge on any atom is -0.376 e. The molecule has 1 aliphatic rings. The van der Waals surface area contributed by atoms with Crippen LogP contribution in [0.5, 0.6) is 0 Å². The van der Waals surface area contributed by atoms with Gasteiger partial charge in [0.2, 0.25) is 0 Å². The quantitative estimate of drug-likeness (QED) is 0.625. The highest BCUT2D eigenvalue weighted by atomic mass is 79.9. The summed E-state index contributed by atoms with van der Waals surface area (Å²) in [6, 6.07) is 4.40. The van der Waals surface area contributed by atoms with Gasteiger partial charge in [-0.25, -0.2) is 0 Å². The number of rotatable bonds is 3. The van der Waals surface area contributed by atoms with Crippen LogP contribution in [0.2, 0.25) is 0 Å². The number of likely N-dealkylation sites (N-methyl/N-ethyl adjacent to an activating group) is 1. The van der Waals surface area contributed by atoms with Crippen LogP contribution in [0.4, 0.5) is 5.69 Å². The first-order valence-corrected chi connectivity index (χ1v) is 7.04. The summed E-state index contributed by atoms with van der Waals surface area (Å²) in [5.74, 6) is -0.233. The summed E-state index contributed by atoms with van der Waals surface area (Å²) in [6.45, 7) is 2.55. The number of hydrogen-bond acceptors (Lipinski definition) is 4. The molecule has 1 fully saturated rings. The zero-order valence-corrected chi connectivity index (χ0v) is 12.8. The van der Waals surface area contributed by atoms with E-state index >= 15 is 0 Å². The molecule has 0 spiro atoms. The molecule has 1 amide bonds. The molecule has 1 aromatic rings. The molecule has 0 bridgehead atoms. The van der Waals surface area contributed by atoms with Crippen molar-refractivity contribution in [1.29, 1.82) is 0 Å². The Kier molecular flexibility index (Phi) is 4.39. The van der Waals surface area contributed by atoms with E-state index in [0.717, 1.165) is 6.42 Å². The highest BCUT2D eigenvalue weighted by Crippen LogP contribution is 2.27. The van der Waals surface area contributed by atoms with Crippen LogP contribution in [0.25, 0.3) is 0 Å². The molecule has 1 saturated heterocycles. The molecule has 20 heavy (non-hydrogen) atoms. The largest absolute Gasteiger partial charge is 0.376 e. The average molecular weight is 343 g/mol. The van der Waals surface area contributed by atoms with Crippen LogP contribution in [0, 0.1) is 10.1 Å². The summed E-state index contributed by atoms with van der Waals surface area (Å²) < 4.78 is 5.80. The van der Waals surface area contributed by atoms with Crippen LogP contribution in [0.1, 0.15) is 23.7 Å². The number of nitro benzene ring substituents is 1. The zero-order chi connectivity index (χ0) is 14.9. The Morgan fingerprint density at radius 3 is 2.80 bits per heavy atom. The maximum atomic E-state index is 12.4. The minimum atomic E-state index is -0.512. The highest BCUT2D eigenvalue weighted by molar-refractivity contribution is 9.10. The van der Waals surface area contributed by atoms with Crippen LogP contribution in [0.3, 0.4) is 0 Å². The molecule has 6 nitrogen and oxygen atoms in total. The van der Waals surface area contributed by atoms with E-state index in [1.54, 1.807) is 18.0 Å². The van der Waals surface area contributed by atoms with Crippen molar-refractivity contribution >= 4 is 27.5 Å². The van der Waals surface area contributed by atoms with Crippen LogP contribution < -0.4 is 0 Å². The first kappa shape index (κ1) is 14.9. The van der Waals surface area contributed by atoms with Crippen molar-refractivity contribution in [3.8, 4) is 0 Å². The van der Waals surface area contributed by atoms with Gasteiger partial charge in [-0.2, -0.15) is 0 Å². The van der Waals surface area contributed by atoms with Gasteiger partial charge >= 0.3 is 0 Å². The summed E-state index contributed by atoms with van der Waals surface area (Å²) in [6.07, 6.45) is 0.761. The first-order valence-electron chi connectivity index (χ1n) is 6.24. The molecule has 0 aromatic heterocycles. The SMILES string of the molecule is CC1OCCC1N(C)C(=O)c1ccc(Br)c([N+](=O)[O-])c1. The van der Waals surface area contributed by atoms with Gasteiger partial charge in [-0.1, -0.05) is 0 Å². The third-order valence-electron chi connectivity index (χ3n) is 3.54. The summed E-state index contributed by atoms with van der Waals surface area (Å²) in [4.78, 5) is 24.4. The number of carbonyl (C=O) groups is 1. The van der Waals surface area contributed by atoms with Gasteiger partial charge < -0.3 is 9.64 Å². The van der Waals surface area contributed by atoms with Crippen molar-refractivity contribution in [1.82, 2.24) is 4.90 Å². The molecule has 7 heteroatoms. The molecule has 2 unspecified atom stereocenters. The Morgan fingerprint density at radius 1 is 1.55 bits per heavy atom. The molecule has 1 aromatic carbocycles. The minimum absolute atomic E-state index is 0.00482. The van der Waals surface area contributed by atoms with E-state index in [1.165, 1.54) is 12.1 Å². The standard InChI is InChI=1S/C13H15BrN2O4/c1-8-11(5-6-20-8)15(2)13(17)9-3-4-10(14)12(7-9)16(18)19/h3-4,7-8,11H,5-6H2,1-2H3. The molecule has 0 saturated carbocycles. The number of nitrogens with zero attached hydrogens (tertiary/aromatic N) is 2. The number of benzene rings is 1. The zero-order valence-electron chi connectivity index (χ0n) is 11.2. The van der Waals surface area contributed by atoms with E-state index in [0.29, 0.717) is 16.6 Å². The van der Waals surface area contributed by atoms with Crippen molar-refractivity contribution in [2.45, 2.75) is 25.5 Å². The lowest BCUT2D eigenvalue weighted by atomic mass is 10.1. The van der Waals surface area contributed by atoms with E-state index < -0.39 is 4.92 Å². The monoisotopic (exact) mass is 342 g/mol. The molecule has 1 heterocycles. The normalized spacial score (nSPS) is 21.8. The topological polar surface area (TPSA) is 72.7 Å². The number of amides is 1.